The van der Waals surface area contributed by atoms with Gasteiger partial charge in [-0.3, -0.25) is 0 Å². The summed E-state index contributed by atoms with van der Waals surface area (Å²) in [4.78, 5) is 2.50. The maximum Gasteiger partial charge on any atom is 0.135 e. The Hall–Kier alpha value is -5.08. The first-order valence-electron chi connectivity index (χ1n) is 15.9. The van der Waals surface area contributed by atoms with E-state index in [4.69, 9.17) is 4.42 Å². The summed E-state index contributed by atoms with van der Waals surface area (Å²) < 4.78 is 6.27. The largest absolute Gasteiger partial charge is 0.456 e. The van der Waals surface area contributed by atoms with Gasteiger partial charge >= 0.3 is 0 Å². The monoisotopic (exact) mass is 583 g/mol. The van der Waals surface area contributed by atoms with E-state index in [9.17, 15) is 0 Å². The van der Waals surface area contributed by atoms with Crippen LogP contribution in [0.25, 0.3) is 44.2 Å². The molecule has 0 saturated heterocycles. The molecule has 7 aromatic rings. The Morgan fingerprint density at radius 2 is 1.27 bits per heavy atom. The van der Waals surface area contributed by atoms with Crippen LogP contribution in [0.1, 0.15) is 51.3 Å². The molecule has 0 amide bonds. The highest BCUT2D eigenvalue weighted by Gasteiger charge is 2.39. The van der Waals surface area contributed by atoms with Crippen molar-refractivity contribution in [3.8, 4) is 22.3 Å². The summed E-state index contributed by atoms with van der Waals surface area (Å²) in [6.45, 7) is 11.7. The molecule has 2 nitrogen and oxygen atoms in total. The molecule has 45 heavy (non-hydrogen) atoms. The second kappa shape index (κ2) is 9.97. The molecular weight excluding hydrogens is 546 g/mol. The molecule has 0 unspecified atom stereocenters. The average Bonchev–Trinajstić information content (AvgIpc) is 3.54. The lowest BCUT2D eigenvalue weighted by Crippen LogP contribution is -2.23. The van der Waals surface area contributed by atoms with Crippen molar-refractivity contribution in [3.05, 3.63) is 150 Å². The molecule has 1 aliphatic rings. The molecular formula is C43H37NO. The Balaban J connectivity index is 1.43. The second-order valence-electron chi connectivity index (χ2n) is 13.8. The summed E-state index contributed by atoms with van der Waals surface area (Å²) in [5, 5.41) is 2.26. The Kier molecular flexibility index (Phi) is 6.09. The molecule has 1 aliphatic carbocycles. The summed E-state index contributed by atoms with van der Waals surface area (Å²) >= 11 is 0. The summed E-state index contributed by atoms with van der Waals surface area (Å²) in [6, 6.07) is 48.4. The van der Waals surface area contributed by atoms with Gasteiger partial charge in [-0.15, -0.1) is 0 Å². The zero-order chi connectivity index (χ0) is 30.9. The van der Waals surface area contributed by atoms with Crippen molar-refractivity contribution in [2.24, 2.45) is 0 Å². The predicted octanol–water partition coefficient (Wildman–Crippen LogP) is 12.3. The van der Waals surface area contributed by atoms with E-state index in [1.165, 1.54) is 50.3 Å². The minimum Gasteiger partial charge on any atom is -0.456 e. The lowest BCUT2D eigenvalue weighted by Gasteiger charge is -2.35. The zero-order valence-corrected chi connectivity index (χ0v) is 26.6. The van der Waals surface area contributed by atoms with Crippen molar-refractivity contribution in [1.82, 2.24) is 0 Å². The summed E-state index contributed by atoms with van der Waals surface area (Å²) in [7, 11) is 0. The first kappa shape index (κ1) is 27.5. The molecule has 220 valence electrons. The number of para-hydroxylation sites is 1. The molecule has 0 bridgehead atoms. The van der Waals surface area contributed by atoms with Crippen LogP contribution in [0.5, 0.6) is 0 Å². The Labute approximate surface area is 265 Å². The number of hydrogen-bond donors (Lipinski definition) is 0. The molecule has 1 heterocycles. The van der Waals surface area contributed by atoms with Crippen LogP contribution in [0, 0.1) is 0 Å². The van der Waals surface area contributed by atoms with Gasteiger partial charge in [0.15, 0.2) is 0 Å². The first-order chi connectivity index (χ1) is 21.7. The van der Waals surface area contributed by atoms with E-state index in [0.29, 0.717) is 0 Å². The van der Waals surface area contributed by atoms with Crippen molar-refractivity contribution >= 4 is 39.0 Å². The average molecular weight is 584 g/mol. The van der Waals surface area contributed by atoms with Crippen molar-refractivity contribution in [1.29, 1.82) is 0 Å². The minimum atomic E-state index is -0.168. The quantitative estimate of drug-likeness (QED) is 0.205. The SMILES string of the molecule is CC(C)(C)c1cc(-c2ccccc2)ccc1N(c1ccc2oc3ccccc3c2c1)c1cccc2c1C(C)(C)c1ccccc1-2. The fourth-order valence-electron chi connectivity index (χ4n) is 7.41. The standard InChI is InChI=1S/C43H37NO/c1-42(2,3)36-26-29(28-14-7-6-8-15-28)22-24-37(36)44(30-23-25-40-34(27-30)32-17-10-12-21-39(32)45-40)38-20-13-18-33-31-16-9-11-19-35(31)43(4,5)41(33)38/h6-27H,1-5H3. The van der Waals surface area contributed by atoms with E-state index in [1.54, 1.807) is 0 Å². The van der Waals surface area contributed by atoms with Gasteiger partial charge in [0.1, 0.15) is 11.2 Å². The molecule has 8 rings (SSSR count). The number of fused-ring (bicyclic) bond motifs is 6. The molecule has 0 aliphatic heterocycles. The normalized spacial score (nSPS) is 13.6. The minimum absolute atomic E-state index is 0.110. The summed E-state index contributed by atoms with van der Waals surface area (Å²) in [5.74, 6) is 0. The Bertz CT molecular complexity index is 2230. The molecule has 0 radical (unpaired) electrons. The van der Waals surface area contributed by atoms with Gasteiger partial charge in [-0.05, 0) is 86.8 Å². The van der Waals surface area contributed by atoms with Crippen molar-refractivity contribution in [2.75, 3.05) is 4.90 Å². The van der Waals surface area contributed by atoms with E-state index in [-0.39, 0.29) is 10.8 Å². The summed E-state index contributed by atoms with van der Waals surface area (Å²) in [6.07, 6.45) is 0. The molecule has 2 heteroatoms. The van der Waals surface area contributed by atoms with Crippen LogP contribution in [-0.4, -0.2) is 0 Å². The first-order valence-corrected chi connectivity index (χ1v) is 15.9. The number of rotatable bonds is 4. The number of hydrogen-bond acceptors (Lipinski definition) is 2. The maximum absolute atomic E-state index is 6.27. The Morgan fingerprint density at radius 1 is 0.556 bits per heavy atom. The number of anilines is 3. The number of benzene rings is 6. The molecule has 0 spiro atoms. The van der Waals surface area contributed by atoms with Gasteiger partial charge in [0, 0.05) is 27.6 Å². The molecule has 0 fully saturated rings. The molecule has 1 aromatic heterocycles. The van der Waals surface area contributed by atoms with Crippen LogP contribution in [0.3, 0.4) is 0 Å². The van der Waals surface area contributed by atoms with Crippen LogP contribution in [0.15, 0.2) is 138 Å². The van der Waals surface area contributed by atoms with Crippen molar-refractivity contribution in [3.63, 3.8) is 0 Å². The lowest BCUT2D eigenvalue weighted by atomic mass is 9.80. The number of furan rings is 1. The third-order valence-corrected chi connectivity index (χ3v) is 9.57. The molecule has 0 atom stereocenters. The van der Waals surface area contributed by atoms with E-state index in [1.807, 2.05) is 6.07 Å². The highest BCUT2D eigenvalue weighted by atomic mass is 16.3. The maximum atomic E-state index is 6.27. The predicted molar refractivity (Wildman–Crippen MR) is 190 cm³/mol. The topological polar surface area (TPSA) is 16.4 Å². The van der Waals surface area contributed by atoms with Gasteiger partial charge in [0.25, 0.3) is 0 Å². The molecule has 0 N–H and O–H groups in total. The van der Waals surface area contributed by atoms with E-state index in [2.05, 4.69) is 167 Å². The smallest absolute Gasteiger partial charge is 0.135 e. The van der Waals surface area contributed by atoms with E-state index >= 15 is 0 Å². The zero-order valence-electron chi connectivity index (χ0n) is 26.6. The van der Waals surface area contributed by atoms with Gasteiger partial charge < -0.3 is 9.32 Å². The fraction of sp³-hybridized carbons (Fsp3) is 0.163. The van der Waals surface area contributed by atoms with Crippen LogP contribution in [0.2, 0.25) is 0 Å². The van der Waals surface area contributed by atoms with Crippen LogP contribution < -0.4 is 4.90 Å². The van der Waals surface area contributed by atoms with Crippen molar-refractivity contribution < 1.29 is 4.42 Å². The lowest BCUT2D eigenvalue weighted by molar-refractivity contribution is 0.591. The third-order valence-electron chi connectivity index (χ3n) is 9.57. The van der Waals surface area contributed by atoms with Gasteiger partial charge in [-0.25, -0.2) is 0 Å². The Morgan fingerprint density at radius 3 is 2.09 bits per heavy atom. The van der Waals surface area contributed by atoms with Crippen molar-refractivity contribution in [2.45, 2.75) is 45.4 Å². The fourth-order valence-corrected chi connectivity index (χ4v) is 7.41. The third kappa shape index (κ3) is 4.31. The second-order valence-corrected chi connectivity index (χ2v) is 13.8. The highest BCUT2D eigenvalue weighted by Crippen LogP contribution is 2.55. The van der Waals surface area contributed by atoms with Crippen LogP contribution >= 0.6 is 0 Å². The summed E-state index contributed by atoms with van der Waals surface area (Å²) in [5.41, 5.74) is 14.2. The van der Waals surface area contributed by atoms with Gasteiger partial charge in [-0.2, -0.15) is 0 Å². The number of nitrogens with zero attached hydrogens (tertiary/aromatic N) is 1. The van der Waals surface area contributed by atoms with Crippen LogP contribution in [0.4, 0.5) is 17.1 Å². The molecule has 6 aromatic carbocycles. The van der Waals surface area contributed by atoms with Gasteiger partial charge in [-0.1, -0.05) is 126 Å². The van der Waals surface area contributed by atoms with E-state index < -0.39 is 0 Å². The van der Waals surface area contributed by atoms with Gasteiger partial charge in [0.2, 0.25) is 0 Å². The highest BCUT2D eigenvalue weighted by molar-refractivity contribution is 6.07. The van der Waals surface area contributed by atoms with E-state index in [0.717, 1.165) is 27.6 Å². The van der Waals surface area contributed by atoms with Gasteiger partial charge in [0.05, 0.1) is 5.69 Å². The van der Waals surface area contributed by atoms with Crippen LogP contribution in [-0.2, 0) is 10.8 Å². The molecule has 0 saturated carbocycles.